The number of likely N-dealkylation sites (tertiary alicyclic amines) is 1. The van der Waals surface area contributed by atoms with Gasteiger partial charge in [-0.2, -0.15) is 0 Å². The molecule has 0 N–H and O–H groups in total. The van der Waals surface area contributed by atoms with Crippen LogP contribution in [0.4, 0.5) is 0 Å². The summed E-state index contributed by atoms with van der Waals surface area (Å²) in [5, 5.41) is 0. The van der Waals surface area contributed by atoms with Gasteiger partial charge in [-0.1, -0.05) is 18.6 Å². The molecule has 1 aliphatic rings. The maximum absolute atomic E-state index is 12.4. The molecule has 0 aliphatic carbocycles. The molecular weight excluding hydrogens is 276 g/mol. The number of carbonyl (C=O) groups excluding carboxylic acids is 1. The number of hydrogen-bond donors (Lipinski definition) is 0. The molecule has 5 nitrogen and oxygen atoms in total. The molecule has 0 bridgehead atoms. The second-order valence-corrected chi connectivity index (χ2v) is 6.08. The normalized spacial score (nSPS) is 16.0. The Labute approximate surface area is 131 Å². The van der Waals surface area contributed by atoms with E-state index in [0.29, 0.717) is 6.54 Å². The van der Waals surface area contributed by atoms with Gasteiger partial charge < -0.3 is 14.4 Å². The van der Waals surface area contributed by atoms with Crippen molar-refractivity contribution >= 4 is 16.9 Å². The van der Waals surface area contributed by atoms with Gasteiger partial charge in [0.2, 0.25) is 5.91 Å². The number of piperidine rings is 1. The van der Waals surface area contributed by atoms with Gasteiger partial charge in [0, 0.05) is 20.1 Å². The van der Waals surface area contributed by atoms with E-state index in [9.17, 15) is 4.79 Å². The quantitative estimate of drug-likeness (QED) is 0.848. The zero-order valence-electron chi connectivity index (χ0n) is 13.2. The third-order valence-electron chi connectivity index (χ3n) is 4.46. The van der Waals surface area contributed by atoms with E-state index in [0.717, 1.165) is 24.1 Å². The molecular formula is C17H24N4O. The van der Waals surface area contributed by atoms with Crippen LogP contribution in [0, 0.1) is 0 Å². The van der Waals surface area contributed by atoms with Crippen LogP contribution in [0.2, 0.25) is 0 Å². The number of nitrogens with zero attached hydrogens (tertiary/aromatic N) is 4. The molecule has 1 amide bonds. The lowest BCUT2D eigenvalue weighted by atomic mass is 10.1. The fourth-order valence-electron chi connectivity index (χ4n) is 3.00. The van der Waals surface area contributed by atoms with Gasteiger partial charge in [-0.05, 0) is 38.1 Å². The Balaban J connectivity index is 1.54. The maximum Gasteiger partial charge on any atom is 0.242 e. The minimum absolute atomic E-state index is 0.139. The molecule has 5 heteroatoms. The Morgan fingerprint density at radius 1 is 1.23 bits per heavy atom. The lowest BCUT2D eigenvalue weighted by molar-refractivity contribution is -0.130. The van der Waals surface area contributed by atoms with Gasteiger partial charge in [-0.25, -0.2) is 4.98 Å². The van der Waals surface area contributed by atoms with Crippen molar-refractivity contribution < 1.29 is 4.79 Å². The minimum Gasteiger partial charge on any atom is -0.343 e. The monoisotopic (exact) mass is 300 g/mol. The van der Waals surface area contributed by atoms with E-state index >= 15 is 0 Å². The Bertz CT molecular complexity index is 630. The first-order chi connectivity index (χ1) is 10.7. The zero-order valence-corrected chi connectivity index (χ0v) is 13.2. The van der Waals surface area contributed by atoms with Crippen molar-refractivity contribution in [3.8, 4) is 0 Å². The van der Waals surface area contributed by atoms with Crippen molar-refractivity contribution in [2.24, 2.45) is 0 Å². The van der Waals surface area contributed by atoms with Crippen molar-refractivity contribution in [3.05, 3.63) is 30.6 Å². The van der Waals surface area contributed by atoms with Crippen LogP contribution in [0.25, 0.3) is 11.0 Å². The van der Waals surface area contributed by atoms with Gasteiger partial charge in [-0.3, -0.25) is 4.79 Å². The van der Waals surface area contributed by atoms with Gasteiger partial charge in [0.15, 0.2) is 0 Å². The molecule has 2 heterocycles. The lowest BCUT2D eigenvalue weighted by Crippen LogP contribution is -2.39. The Kier molecular flexibility index (Phi) is 4.73. The highest BCUT2D eigenvalue weighted by Gasteiger charge is 2.14. The molecule has 0 unspecified atom stereocenters. The summed E-state index contributed by atoms with van der Waals surface area (Å²) in [7, 11) is 1.89. The summed E-state index contributed by atoms with van der Waals surface area (Å²) in [6, 6.07) is 7.91. The topological polar surface area (TPSA) is 41.4 Å². The summed E-state index contributed by atoms with van der Waals surface area (Å²) in [6.45, 7) is 4.48. The number of carbonyl (C=O) groups is 1. The molecule has 0 saturated carbocycles. The van der Waals surface area contributed by atoms with E-state index in [4.69, 9.17) is 0 Å². The van der Waals surface area contributed by atoms with Crippen LogP contribution >= 0.6 is 0 Å². The molecule has 1 aromatic heterocycles. The maximum atomic E-state index is 12.4. The van der Waals surface area contributed by atoms with Crippen LogP contribution in [0.5, 0.6) is 0 Å². The van der Waals surface area contributed by atoms with Crippen LogP contribution in [-0.4, -0.2) is 58.5 Å². The van der Waals surface area contributed by atoms with E-state index in [1.165, 1.54) is 32.4 Å². The zero-order chi connectivity index (χ0) is 15.4. The molecule has 1 aliphatic heterocycles. The number of rotatable bonds is 5. The summed E-state index contributed by atoms with van der Waals surface area (Å²) < 4.78 is 1.93. The Hall–Kier alpha value is -1.88. The van der Waals surface area contributed by atoms with E-state index in [-0.39, 0.29) is 5.91 Å². The van der Waals surface area contributed by atoms with E-state index in [1.54, 1.807) is 6.33 Å². The average Bonchev–Trinajstić information content (AvgIpc) is 2.97. The number of aromatic nitrogens is 2. The van der Waals surface area contributed by atoms with Crippen LogP contribution < -0.4 is 0 Å². The molecule has 0 atom stereocenters. The van der Waals surface area contributed by atoms with E-state index < -0.39 is 0 Å². The number of amides is 1. The van der Waals surface area contributed by atoms with Gasteiger partial charge in [-0.15, -0.1) is 0 Å². The molecule has 0 spiro atoms. The first-order valence-corrected chi connectivity index (χ1v) is 8.10. The minimum atomic E-state index is 0.139. The fourth-order valence-corrected chi connectivity index (χ4v) is 3.00. The first kappa shape index (κ1) is 15.0. The van der Waals surface area contributed by atoms with Crippen molar-refractivity contribution in [2.75, 3.05) is 33.2 Å². The van der Waals surface area contributed by atoms with Gasteiger partial charge >= 0.3 is 0 Å². The summed E-state index contributed by atoms with van der Waals surface area (Å²) in [5.74, 6) is 0.139. The summed E-state index contributed by atoms with van der Waals surface area (Å²) in [6.07, 6.45) is 5.68. The number of fused-ring (bicyclic) bond motifs is 1. The van der Waals surface area contributed by atoms with Gasteiger partial charge in [0.1, 0.15) is 6.54 Å². The molecule has 1 fully saturated rings. The van der Waals surface area contributed by atoms with Gasteiger partial charge in [0.05, 0.1) is 17.4 Å². The molecule has 0 radical (unpaired) electrons. The summed E-state index contributed by atoms with van der Waals surface area (Å²) in [4.78, 5) is 21.0. The van der Waals surface area contributed by atoms with E-state index in [1.807, 2.05) is 40.8 Å². The third kappa shape index (κ3) is 3.47. The number of benzene rings is 1. The lowest BCUT2D eigenvalue weighted by Gasteiger charge is -2.28. The summed E-state index contributed by atoms with van der Waals surface area (Å²) in [5.41, 5.74) is 1.95. The Morgan fingerprint density at radius 2 is 2.00 bits per heavy atom. The molecule has 118 valence electrons. The second kappa shape index (κ2) is 6.92. The smallest absolute Gasteiger partial charge is 0.242 e. The number of imidazole rings is 1. The van der Waals surface area contributed by atoms with Crippen LogP contribution in [0.3, 0.4) is 0 Å². The number of hydrogen-bond acceptors (Lipinski definition) is 3. The highest BCUT2D eigenvalue weighted by molar-refractivity contribution is 5.80. The summed E-state index contributed by atoms with van der Waals surface area (Å²) >= 11 is 0. The molecule has 1 aromatic carbocycles. The first-order valence-electron chi connectivity index (χ1n) is 8.10. The SMILES string of the molecule is CN(CCN1CCCCC1)C(=O)Cn1cnc2ccccc21. The predicted octanol–water partition coefficient (Wildman–Crippen LogP) is 1.98. The molecule has 2 aromatic rings. The van der Waals surface area contributed by atoms with Crippen molar-refractivity contribution in [1.29, 1.82) is 0 Å². The van der Waals surface area contributed by atoms with Gasteiger partial charge in [0.25, 0.3) is 0 Å². The number of para-hydroxylation sites is 2. The van der Waals surface area contributed by atoms with Crippen molar-refractivity contribution in [2.45, 2.75) is 25.8 Å². The number of likely N-dealkylation sites (N-methyl/N-ethyl adjacent to an activating group) is 1. The largest absolute Gasteiger partial charge is 0.343 e. The average molecular weight is 300 g/mol. The Morgan fingerprint density at radius 3 is 2.82 bits per heavy atom. The molecule has 22 heavy (non-hydrogen) atoms. The van der Waals surface area contributed by atoms with Crippen molar-refractivity contribution in [1.82, 2.24) is 19.4 Å². The highest BCUT2D eigenvalue weighted by Crippen LogP contribution is 2.12. The highest BCUT2D eigenvalue weighted by atomic mass is 16.2. The standard InChI is InChI=1S/C17H24N4O/c1-19(11-12-20-9-5-2-6-10-20)17(22)13-21-14-18-15-7-3-4-8-16(15)21/h3-4,7-8,14H,2,5-6,9-13H2,1H3. The third-order valence-corrected chi connectivity index (χ3v) is 4.46. The molecule has 3 rings (SSSR count). The van der Waals surface area contributed by atoms with Crippen LogP contribution in [0.1, 0.15) is 19.3 Å². The van der Waals surface area contributed by atoms with Crippen LogP contribution in [-0.2, 0) is 11.3 Å². The second-order valence-electron chi connectivity index (χ2n) is 6.08. The predicted molar refractivity (Wildman–Crippen MR) is 87.7 cm³/mol. The molecule has 1 saturated heterocycles. The van der Waals surface area contributed by atoms with E-state index in [2.05, 4.69) is 9.88 Å². The van der Waals surface area contributed by atoms with Crippen molar-refractivity contribution in [3.63, 3.8) is 0 Å². The van der Waals surface area contributed by atoms with Crippen LogP contribution in [0.15, 0.2) is 30.6 Å². The fraction of sp³-hybridized carbons (Fsp3) is 0.529.